The summed E-state index contributed by atoms with van der Waals surface area (Å²) in [6.07, 6.45) is 0. The van der Waals surface area contributed by atoms with Gasteiger partial charge in [0.05, 0.1) is 4.92 Å². The molecule has 0 atom stereocenters. The fraction of sp³-hybridized carbons (Fsp3) is 0.200. The highest BCUT2D eigenvalue weighted by Gasteiger charge is 2.06. The van der Waals surface area contributed by atoms with Crippen LogP contribution in [0.15, 0.2) is 42.5 Å². The molecular weight excluding hydrogens is 242 g/mol. The number of benzene rings is 2. The van der Waals surface area contributed by atoms with Gasteiger partial charge in [-0.25, -0.2) is 0 Å². The number of hydrogen-bond donors (Lipinski definition) is 0. The lowest BCUT2D eigenvalue weighted by Crippen LogP contribution is -1.97. The SMILES string of the molecule is Cc1ccc(OCc2cccc([N+](=O)[O-])c2)cc1C. The third-order valence-electron chi connectivity index (χ3n) is 3.01. The van der Waals surface area contributed by atoms with Crippen LogP contribution in [0.1, 0.15) is 16.7 Å². The summed E-state index contributed by atoms with van der Waals surface area (Å²) in [5.74, 6) is 0.773. The van der Waals surface area contributed by atoms with Crippen molar-refractivity contribution in [1.82, 2.24) is 0 Å². The number of nitrogens with zero attached hydrogens (tertiary/aromatic N) is 1. The van der Waals surface area contributed by atoms with Crippen molar-refractivity contribution in [1.29, 1.82) is 0 Å². The first kappa shape index (κ1) is 13.1. The number of nitro groups is 1. The van der Waals surface area contributed by atoms with E-state index in [1.165, 1.54) is 17.7 Å². The Bertz CT molecular complexity index is 608. The molecule has 0 radical (unpaired) electrons. The number of nitro benzene ring substituents is 1. The average Bonchev–Trinajstić information content (AvgIpc) is 2.40. The predicted molar refractivity (Wildman–Crippen MR) is 73.3 cm³/mol. The summed E-state index contributed by atoms with van der Waals surface area (Å²) >= 11 is 0. The lowest BCUT2D eigenvalue weighted by Gasteiger charge is -2.08. The van der Waals surface area contributed by atoms with Crippen molar-refractivity contribution in [3.8, 4) is 5.75 Å². The number of rotatable bonds is 4. The monoisotopic (exact) mass is 257 g/mol. The Kier molecular flexibility index (Phi) is 3.80. The Labute approximate surface area is 111 Å². The Morgan fingerprint density at radius 1 is 1.11 bits per heavy atom. The lowest BCUT2D eigenvalue weighted by molar-refractivity contribution is -0.384. The summed E-state index contributed by atoms with van der Waals surface area (Å²) in [6, 6.07) is 12.3. The maximum atomic E-state index is 10.7. The van der Waals surface area contributed by atoms with E-state index in [0.29, 0.717) is 6.61 Å². The van der Waals surface area contributed by atoms with Crippen LogP contribution in [0.5, 0.6) is 5.75 Å². The highest BCUT2D eigenvalue weighted by molar-refractivity contribution is 5.36. The predicted octanol–water partition coefficient (Wildman–Crippen LogP) is 3.79. The van der Waals surface area contributed by atoms with Crippen LogP contribution in [0.2, 0.25) is 0 Å². The number of aryl methyl sites for hydroxylation is 2. The summed E-state index contributed by atoms with van der Waals surface area (Å²) < 4.78 is 5.64. The van der Waals surface area contributed by atoms with Crippen LogP contribution in [0.25, 0.3) is 0 Å². The molecule has 2 rings (SSSR count). The highest BCUT2D eigenvalue weighted by atomic mass is 16.6. The molecule has 4 heteroatoms. The van der Waals surface area contributed by atoms with Crippen molar-refractivity contribution in [3.05, 3.63) is 69.3 Å². The van der Waals surface area contributed by atoms with Crippen molar-refractivity contribution in [2.45, 2.75) is 20.5 Å². The van der Waals surface area contributed by atoms with Crippen LogP contribution in [-0.4, -0.2) is 4.92 Å². The van der Waals surface area contributed by atoms with E-state index >= 15 is 0 Å². The Morgan fingerprint density at radius 2 is 1.89 bits per heavy atom. The van der Waals surface area contributed by atoms with Crippen LogP contribution in [0, 0.1) is 24.0 Å². The standard InChI is InChI=1S/C15H15NO3/c1-11-6-7-15(8-12(11)2)19-10-13-4-3-5-14(9-13)16(17)18/h3-9H,10H2,1-2H3. The fourth-order valence-corrected chi connectivity index (χ4v) is 1.73. The summed E-state index contributed by atoms with van der Waals surface area (Å²) in [5.41, 5.74) is 3.24. The van der Waals surface area contributed by atoms with Gasteiger partial charge in [0, 0.05) is 12.1 Å². The summed E-state index contributed by atoms with van der Waals surface area (Å²) in [4.78, 5) is 10.3. The summed E-state index contributed by atoms with van der Waals surface area (Å²) in [7, 11) is 0. The summed E-state index contributed by atoms with van der Waals surface area (Å²) in [5, 5.41) is 10.7. The molecule has 98 valence electrons. The van der Waals surface area contributed by atoms with Crippen LogP contribution in [0.3, 0.4) is 0 Å². The molecule has 19 heavy (non-hydrogen) atoms. The smallest absolute Gasteiger partial charge is 0.269 e. The van der Waals surface area contributed by atoms with Gasteiger partial charge in [-0.3, -0.25) is 10.1 Å². The zero-order chi connectivity index (χ0) is 13.8. The molecule has 0 spiro atoms. The van der Waals surface area contributed by atoms with Crippen molar-refractivity contribution >= 4 is 5.69 Å². The maximum absolute atomic E-state index is 10.7. The topological polar surface area (TPSA) is 52.4 Å². The van der Waals surface area contributed by atoms with Gasteiger partial charge in [-0.05, 0) is 42.7 Å². The molecule has 0 heterocycles. The minimum absolute atomic E-state index is 0.0844. The first-order valence-corrected chi connectivity index (χ1v) is 5.99. The molecule has 2 aromatic rings. The third kappa shape index (κ3) is 3.31. The molecular formula is C15H15NO3. The number of hydrogen-bond acceptors (Lipinski definition) is 3. The van der Waals surface area contributed by atoms with Crippen LogP contribution < -0.4 is 4.74 Å². The molecule has 0 aliphatic heterocycles. The molecule has 0 saturated carbocycles. The maximum Gasteiger partial charge on any atom is 0.269 e. The van der Waals surface area contributed by atoms with Crippen LogP contribution in [0.4, 0.5) is 5.69 Å². The minimum atomic E-state index is -0.403. The number of ether oxygens (including phenoxy) is 1. The normalized spacial score (nSPS) is 10.2. The van der Waals surface area contributed by atoms with E-state index in [1.54, 1.807) is 6.07 Å². The molecule has 2 aromatic carbocycles. The molecule has 4 nitrogen and oxygen atoms in total. The Hall–Kier alpha value is -2.36. The molecule has 0 amide bonds. The summed E-state index contributed by atoms with van der Waals surface area (Å²) in [6.45, 7) is 4.39. The van der Waals surface area contributed by atoms with Crippen LogP contribution >= 0.6 is 0 Å². The van der Waals surface area contributed by atoms with E-state index < -0.39 is 4.92 Å². The van der Waals surface area contributed by atoms with E-state index in [2.05, 4.69) is 0 Å². The van der Waals surface area contributed by atoms with Gasteiger partial charge in [0.1, 0.15) is 12.4 Å². The van der Waals surface area contributed by atoms with Gasteiger partial charge in [-0.2, -0.15) is 0 Å². The quantitative estimate of drug-likeness (QED) is 0.618. The van der Waals surface area contributed by atoms with Gasteiger partial charge in [0.25, 0.3) is 5.69 Å². The molecule has 0 saturated heterocycles. The molecule has 0 bridgehead atoms. The first-order valence-electron chi connectivity index (χ1n) is 5.99. The van der Waals surface area contributed by atoms with Crippen molar-refractivity contribution in [2.24, 2.45) is 0 Å². The van der Waals surface area contributed by atoms with E-state index in [4.69, 9.17) is 4.74 Å². The second-order valence-corrected chi connectivity index (χ2v) is 4.46. The molecule has 0 aromatic heterocycles. The average molecular weight is 257 g/mol. The first-order chi connectivity index (χ1) is 9.06. The zero-order valence-electron chi connectivity index (χ0n) is 10.9. The van der Waals surface area contributed by atoms with E-state index in [9.17, 15) is 10.1 Å². The van der Waals surface area contributed by atoms with Gasteiger partial charge >= 0.3 is 0 Å². The second-order valence-electron chi connectivity index (χ2n) is 4.46. The van der Waals surface area contributed by atoms with Gasteiger partial charge < -0.3 is 4.74 Å². The third-order valence-corrected chi connectivity index (χ3v) is 3.01. The van der Waals surface area contributed by atoms with Crippen molar-refractivity contribution in [3.63, 3.8) is 0 Å². The number of non-ortho nitro benzene ring substituents is 1. The second kappa shape index (κ2) is 5.52. The largest absolute Gasteiger partial charge is 0.489 e. The minimum Gasteiger partial charge on any atom is -0.489 e. The van der Waals surface area contributed by atoms with E-state index in [1.807, 2.05) is 38.1 Å². The van der Waals surface area contributed by atoms with Gasteiger partial charge in [-0.15, -0.1) is 0 Å². The van der Waals surface area contributed by atoms with Crippen LogP contribution in [-0.2, 0) is 6.61 Å². The zero-order valence-corrected chi connectivity index (χ0v) is 10.9. The van der Waals surface area contributed by atoms with E-state index in [0.717, 1.165) is 16.9 Å². The molecule has 0 fully saturated rings. The van der Waals surface area contributed by atoms with Gasteiger partial charge in [0.2, 0.25) is 0 Å². The molecule has 0 aliphatic rings. The lowest BCUT2D eigenvalue weighted by atomic mass is 10.1. The Balaban J connectivity index is 2.07. The highest BCUT2D eigenvalue weighted by Crippen LogP contribution is 2.19. The molecule has 0 unspecified atom stereocenters. The van der Waals surface area contributed by atoms with Crippen molar-refractivity contribution in [2.75, 3.05) is 0 Å². The van der Waals surface area contributed by atoms with Gasteiger partial charge in [-0.1, -0.05) is 18.2 Å². The Morgan fingerprint density at radius 3 is 2.58 bits per heavy atom. The van der Waals surface area contributed by atoms with E-state index in [-0.39, 0.29) is 5.69 Å². The van der Waals surface area contributed by atoms with Gasteiger partial charge in [0.15, 0.2) is 0 Å². The molecule has 0 aliphatic carbocycles. The fourth-order valence-electron chi connectivity index (χ4n) is 1.73. The molecule has 0 N–H and O–H groups in total. The van der Waals surface area contributed by atoms with Crippen molar-refractivity contribution < 1.29 is 9.66 Å².